The molecule has 4 aromatic rings. The Kier molecular flexibility index (Phi) is 5.61. The molecule has 2 aromatic heterocycles. The van der Waals surface area contributed by atoms with E-state index >= 15 is 0 Å². The number of aromatic nitrogens is 3. The minimum Gasteiger partial charge on any atom is -0.497 e. The van der Waals surface area contributed by atoms with Crippen LogP contribution < -0.4 is 15.6 Å². The van der Waals surface area contributed by atoms with E-state index in [1.54, 1.807) is 43.5 Å². The largest absolute Gasteiger partial charge is 0.497 e. The molecule has 31 heavy (non-hydrogen) atoms. The first kappa shape index (κ1) is 20.1. The molecule has 4 rings (SSSR count). The van der Waals surface area contributed by atoms with Crippen molar-refractivity contribution in [1.82, 2.24) is 14.7 Å². The molecule has 2 aromatic carbocycles. The first-order chi connectivity index (χ1) is 15.0. The number of hydrogen-bond donors (Lipinski definition) is 1. The van der Waals surface area contributed by atoms with E-state index in [1.165, 1.54) is 10.8 Å². The maximum absolute atomic E-state index is 12.9. The Labute approximate surface area is 178 Å². The zero-order valence-electron chi connectivity index (χ0n) is 17.0. The maximum Gasteiger partial charge on any atom is 0.263 e. The highest BCUT2D eigenvalue weighted by Gasteiger charge is 2.16. The Morgan fingerprint density at radius 1 is 1.10 bits per heavy atom. The van der Waals surface area contributed by atoms with Crippen LogP contribution in [0, 0.1) is 6.92 Å². The third-order valence-corrected chi connectivity index (χ3v) is 4.73. The summed E-state index contributed by atoms with van der Waals surface area (Å²) in [6, 6.07) is 17.9. The van der Waals surface area contributed by atoms with Gasteiger partial charge in [-0.15, -0.1) is 0 Å². The van der Waals surface area contributed by atoms with Crippen molar-refractivity contribution in [2.45, 2.75) is 13.5 Å². The molecule has 8 nitrogen and oxygen atoms in total. The third-order valence-electron chi connectivity index (χ3n) is 4.73. The summed E-state index contributed by atoms with van der Waals surface area (Å²) >= 11 is 0. The highest BCUT2D eigenvalue weighted by molar-refractivity contribution is 5.90. The monoisotopic (exact) mass is 416 g/mol. The van der Waals surface area contributed by atoms with Crippen molar-refractivity contribution >= 4 is 11.6 Å². The highest BCUT2D eigenvalue weighted by Crippen LogP contribution is 2.23. The van der Waals surface area contributed by atoms with Crippen molar-refractivity contribution in [2.24, 2.45) is 0 Å². The summed E-state index contributed by atoms with van der Waals surface area (Å²) in [5.41, 5.74) is 2.22. The molecule has 156 valence electrons. The number of aryl methyl sites for hydroxylation is 1. The number of pyridine rings is 1. The molecule has 8 heteroatoms. The SMILES string of the molecule is COc1cccc(NC(=O)Cn2cccc(-c3nc(-c4ccccc4C)no3)c2=O)c1. The standard InChI is InChI=1S/C23H20N4O4/c1-15-7-3-4-10-18(15)21-25-22(31-26-21)19-11-6-12-27(23(19)29)14-20(28)24-16-8-5-9-17(13-16)30-2/h3-13H,14H2,1-2H3,(H,24,28). The second-order valence-electron chi connectivity index (χ2n) is 6.87. The smallest absolute Gasteiger partial charge is 0.263 e. The zero-order valence-corrected chi connectivity index (χ0v) is 17.0. The Morgan fingerprint density at radius 3 is 2.71 bits per heavy atom. The highest BCUT2D eigenvalue weighted by atomic mass is 16.5. The van der Waals surface area contributed by atoms with Crippen LogP contribution in [0.2, 0.25) is 0 Å². The number of methoxy groups -OCH3 is 1. The van der Waals surface area contributed by atoms with Crippen LogP contribution in [0.4, 0.5) is 5.69 Å². The van der Waals surface area contributed by atoms with Crippen LogP contribution in [-0.4, -0.2) is 27.7 Å². The lowest BCUT2D eigenvalue weighted by molar-refractivity contribution is -0.116. The number of amides is 1. The fraction of sp³-hybridized carbons (Fsp3) is 0.130. The molecule has 0 atom stereocenters. The Bertz CT molecular complexity index is 1290. The van der Waals surface area contributed by atoms with Crippen LogP contribution in [-0.2, 0) is 11.3 Å². The van der Waals surface area contributed by atoms with Crippen molar-refractivity contribution in [3.05, 3.63) is 82.8 Å². The summed E-state index contributed by atoms with van der Waals surface area (Å²) in [4.78, 5) is 29.7. The zero-order chi connectivity index (χ0) is 21.8. The van der Waals surface area contributed by atoms with E-state index in [0.717, 1.165) is 11.1 Å². The van der Waals surface area contributed by atoms with E-state index in [1.807, 2.05) is 31.2 Å². The van der Waals surface area contributed by atoms with E-state index in [2.05, 4.69) is 15.5 Å². The van der Waals surface area contributed by atoms with E-state index in [9.17, 15) is 9.59 Å². The van der Waals surface area contributed by atoms with Crippen molar-refractivity contribution < 1.29 is 14.1 Å². The van der Waals surface area contributed by atoms with Crippen molar-refractivity contribution in [1.29, 1.82) is 0 Å². The normalized spacial score (nSPS) is 10.6. The lowest BCUT2D eigenvalue weighted by Gasteiger charge is -2.09. The van der Waals surface area contributed by atoms with Crippen molar-refractivity contribution in [2.75, 3.05) is 12.4 Å². The number of anilines is 1. The predicted octanol–water partition coefficient (Wildman–Crippen LogP) is 3.52. The number of nitrogens with zero attached hydrogens (tertiary/aromatic N) is 3. The molecule has 0 saturated heterocycles. The molecule has 0 aliphatic carbocycles. The van der Waals surface area contributed by atoms with Gasteiger partial charge in [0.2, 0.25) is 11.7 Å². The van der Waals surface area contributed by atoms with Gasteiger partial charge in [-0.3, -0.25) is 9.59 Å². The van der Waals surface area contributed by atoms with Gasteiger partial charge in [0.25, 0.3) is 11.4 Å². The van der Waals surface area contributed by atoms with Crippen LogP contribution in [0.15, 0.2) is 76.2 Å². The number of carbonyl (C=O) groups excluding carboxylic acids is 1. The quantitative estimate of drug-likeness (QED) is 0.516. The van der Waals surface area contributed by atoms with Crippen molar-refractivity contribution in [3.8, 4) is 28.6 Å². The summed E-state index contributed by atoms with van der Waals surface area (Å²) in [7, 11) is 1.55. The molecular weight excluding hydrogens is 396 g/mol. The van der Waals surface area contributed by atoms with Crippen LogP contribution >= 0.6 is 0 Å². The number of benzene rings is 2. The summed E-state index contributed by atoms with van der Waals surface area (Å²) in [5, 5.41) is 6.76. The molecule has 1 amide bonds. The lowest BCUT2D eigenvalue weighted by Crippen LogP contribution is -2.28. The molecule has 0 aliphatic rings. The molecule has 2 heterocycles. The first-order valence-electron chi connectivity index (χ1n) is 9.58. The summed E-state index contributed by atoms with van der Waals surface area (Å²) in [6.45, 7) is 1.78. The third kappa shape index (κ3) is 4.37. The number of nitrogens with one attached hydrogen (secondary N) is 1. The average Bonchev–Trinajstić information content (AvgIpc) is 3.25. The van der Waals surface area contributed by atoms with Gasteiger partial charge in [0, 0.05) is 23.5 Å². The molecule has 0 spiro atoms. The van der Waals surface area contributed by atoms with E-state index in [0.29, 0.717) is 17.3 Å². The average molecular weight is 416 g/mol. The molecule has 0 fully saturated rings. The fourth-order valence-corrected chi connectivity index (χ4v) is 3.15. The van der Waals surface area contributed by atoms with Gasteiger partial charge < -0.3 is 19.1 Å². The minimum absolute atomic E-state index is 0.103. The van der Waals surface area contributed by atoms with Gasteiger partial charge >= 0.3 is 0 Å². The molecule has 0 unspecified atom stereocenters. The van der Waals surface area contributed by atoms with Crippen LogP contribution in [0.5, 0.6) is 5.75 Å². The van der Waals surface area contributed by atoms with Crippen LogP contribution in [0.1, 0.15) is 5.56 Å². The lowest BCUT2D eigenvalue weighted by atomic mass is 10.1. The number of carbonyl (C=O) groups is 1. The molecular formula is C23H20N4O4. The summed E-state index contributed by atoms with van der Waals surface area (Å²) in [6.07, 6.45) is 1.54. The van der Waals surface area contributed by atoms with Gasteiger partial charge in [0.1, 0.15) is 17.9 Å². The Morgan fingerprint density at radius 2 is 1.90 bits per heavy atom. The van der Waals surface area contributed by atoms with E-state index in [4.69, 9.17) is 9.26 Å². The second kappa shape index (κ2) is 8.66. The van der Waals surface area contributed by atoms with Crippen molar-refractivity contribution in [3.63, 3.8) is 0 Å². The Hall–Kier alpha value is -4.20. The topological polar surface area (TPSA) is 99.2 Å². The van der Waals surface area contributed by atoms with Gasteiger partial charge in [0.15, 0.2) is 0 Å². The molecule has 0 radical (unpaired) electrons. The fourth-order valence-electron chi connectivity index (χ4n) is 3.15. The van der Waals surface area contributed by atoms with Gasteiger partial charge in [-0.25, -0.2) is 0 Å². The summed E-state index contributed by atoms with van der Waals surface area (Å²) in [5.74, 6) is 0.779. The van der Waals surface area contributed by atoms with Gasteiger partial charge in [-0.05, 0) is 36.8 Å². The van der Waals surface area contributed by atoms with Gasteiger partial charge in [0.05, 0.1) is 7.11 Å². The van der Waals surface area contributed by atoms with Gasteiger partial charge in [-0.1, -0.05) is 35.5 Å². The Balaban J connectivity index is 1.55. The minimum atomic E-state index is -0.400. The number of hydrogen-bond acceptors (Lipinski definition) is 6. The van der Waals surface area contributed by atoms with Gasteiger partial charge in [-0.2, -0.15) is 4.98 Å². The molecule has 0 saturated carbocycles. The van der Waals surface area contributed by atoms with E-state index < -0.39 is 5.56 Å². The first-order valence-corrected chi connectivity index (χ1v) is 9.58. The predicted molar refractivity (Wildman–Crippen MR) is 116 cm³/mol. The molecule has 0 bridgehead atoms. The second-order valence-corrected chi connectivity index (χ2v) is 6.87. The number of rotatable bonds is 6. The van der Waals surface area contributed by atoms with E-state index in [-0.39, 0.29) is 23.9 Å². The summed E-state index contributed by atoms with van der Waals surface area (Å²) < 4.78 is 11.8. The van der Waals surface area contributed by atoms with Crippen LogP contribution in [0.3, 0.4) is 0 Å². The number of ether oxygens (including phenoxy) is 1. The molecule has 0 aliphatic heterocycles. The molecule has 1 N–H and O–H groups in total. The van der Waals surface area contributed by atoms with Crippen LogP contribution in [0.25, 0.3) is 22.8 Å². The maximum atomic E-state index is 12.9.